The molecule has 0 aliphatic heterocycles. The van der Waals surface area contributed by atoms with Crippen LogP contribution in [0.3, 0.4) is 0 Å². The average molecular weight is 260 g/mol. The first-order valence-corrected chi connectivity index (χ1v) is 6.71. The number of hydrogen-bond donors (Lipinski definition) is 0. The van der Waals surface area contributed by atoms with Crippen LogP contribution in [0.1, 0.15) is 49.0 Å². The van der Waals surface area contributed by atoms with Crippen LogP contribution < -0.4 is 0 Å². The first kappa shape index (κ1) is 11.6. The summed E-state index contributed by atoms with van der Waals surface area (Å²) in [5.74, 6) is 0.888. The molecule has 1 atom stereocenters. The second-order valence-electron chi connectivity index (χ2n) is 4.83. The molecular formula is C14H14ClN3. The highest BCUT2D eigenvalue weighted by atomic mass is 35.5. The lowest BCUT2D eigenvalue weighted by molar-refractivity contribution is 0.313. The summed E-state index contributed by atoms with van der Waals surface area (Å²) in [6.07, 6.45) is 3.62. The van der Waals surface area contributed by atoms with E-state index in [0.29, 0.717) is 11.6 Å². The van der Waals surface area contributed by atoms with Gasteiger partial charge in [0.15, 0.2) is 0 Å². The molecule has 4 heteroatoms. The van der Waals surface area contributed by atoms with Crippen LogP contribution in [0.2, 0.25) is 0 Å². The van der Waals surface area contributed by atoms with Crippen molar-refractivity contribution < 1.29 is 0 Å². The Hall–Kier alpha value is -1.53. The van der Waals surface area contributed by atoms with Gasteiger partial charge in [0.1, 0.15) is 17.4 Å². The molecule has 0 spiro atoms. The number of rotatable bonds is 2. The SMILES string of the molecule is CC(Cl)c1nc2c(C#N)cccc2n1C1CCC1. The summed E-state index contributed by atoms with van der Waals surface area (Å²) in [7, 11) is 0. The van der Waals surface area contributed by atoms with Crippen LogP contribution in [0.15, 0.2) is 18.2 Å². The summed E-state index contributed by atoms with van der Waals surface area (Å²) < 4.78 is 2.23. The number of nitriles is 1. The van der Waals surface area contributed by atoms with Crippen LogP contribution in [0, 0.1) is 11.3 Å². The number of benzene rings is 1. The predicted molar refractivity (Wildman–Crippen MR) is 71.6 cm³/mol. The average Bonchev–Trinajstić information content (AvgIpc) is 2.67. The van der Waals surface area contributed by atoms with Crippen molar-refractivity contribution in [1.29, 1.82) is 5.26 Å². The van der Waals surface area contributed by atoms with Gasteiger partial charge in [-0.05, 0) is 38.3 Å². The molecule has 1 aromatic carbocycles. The summed E-state index contributed by atoms with van der Waals surface area (Å²) in [5, 5.41) is 9.02. The second kappa shape index (κ2) is 4.29. The number of imidazole rings is 1. The van der Waals surface area contributed by atoms with Gasteiger partial charge in [-0.25, -0.2) is 4.98 Å². The Morgan fingerprint density at radius 1 is 1.50 bits per heavy atom. The molecule has 1 fully saturated rings. The lowest BCUT2D eigenvalue weighted by atomic mass is 9.92. The molecule has 1 aliphatic rings. The maximum Gasteiger partial charge on any atom is 0.128 e. The second-order valence-corrected chi connectivity index (χ2v) is 5.48. The van der Waals surface area contributed by atoms with Crippen LogP contribution in [0.5, 0.6) is 0 Å². The molecule has 1 heterocycles. The largest absolute Gasteiger partial charge is 0.324 e. The molecule has 18 heavy (non-hydrogen) atoms. The Labute approximate surface area is 111 Å². The number of para-hydroxylation sites is 1. The summed E-state index contributed by atoms with van der Waals surface area (Å²) in [6, 6.07) is 8.46. The molecule has 3 nitrogen and oxygen atoms in total. The van der Waals surface area contributed by atoms with E-state index in [2.05, 4.69) is 15.6 Å². The highest BCUT2D eigenvalue weighted by molar-refractivity contribution is 6.20. The van der Waals surface area contributed by atoms with Crippen molar-refractivity contribution in [2.75, 3.05) is 0 Å². The van der Waals surface area contributed by atoms with Crippen molar-refractivity contribution in [2.45, 2.75) is 37.6 Å². The standard InChI is InChI=1S/C14H14ClN3/c1-9(15)14-17-13-10(8-16)4-2-7-12(13)18(14)11-5-3-6-11/h2,4,7,9,11H,3,5-6H2,1H3. The van der Waals surface area contributed by atoms with Crippen molar-refractivity contribution in [3.63, 3.8) is 0 Å². The fraction of sp³-hybridized carbons (Fsp3) is 0.429. The Kier molecular flexibility index (Phi) is 2.76. The van der Waals surface area contributed by atoms with Gasteiger partial charge in [-0.2, -0.15) is 5.26 Å². The number of nitrogens with zero attached hydrogens (tertiary/aromatic N) is 3. The molecule has 92 valence electrons. The maximum absolute atomic E-state index is 9.15. The molecule has 0 N–H and O–H groups in total. The zero-order valence-electron chi connectivity index (χ0n) is 10.2. The molecule has 3 rings (SSSR count). The number of aromatic nitrogens is 2. The minimum atomic E-state index is -0.135. The maximum atomic E-state index is 9.15. The predicted octanol–water partition coefficient (Wildman–Crippen LogP) is 3.93. The first-order chi connectivity index (χ1) is 8.72. The minimum absolute atomic E-state index is 0.135. The van der Waals surface area contributed by atoms with Crippen molar-refractivity contribution in [2.24, 2.45) is 0 Å². The van der Waals surface area contributed by atoms with Gasteiger partial charge in [0.25, 0.3) is 0 Å². The van der Waals surface area contributed by atoms with Crippen LogP contribution in [-0.2, 0) is 0 Å². The highest BCUT2D eigenvalue weighted by Gasteiger charge is 2.26. The molecule has 2 aromatic rings. The number of halogens is 1. The van der Waals surface area contributed by atoms with E-state index in [1.54, 1.807) is 0 Å². The van der Waals surface area contributed by atoms with Gasteiger partial charge in [0, 0.05) is 6.04 Å². The molecular weight excluding hydrogens is 246 g/mol. The minimum Gasteiger partial charge on any atom is -0.324 e. The van der Waals surface area contributed by atoms with E-state index in [9.17, 15) is 0 Å². The van der Waals surface area contributed by atoms with Crippen LogP contribution in [-0.4, -0.2) is 9.55 Å². The van der Waals surface area contributed by atoms with Gasteiger partial charge in [0.05, 0.1) is 16.5 Å². The van der Waals surface area contributed by atoms with Gasteiger partial charge < -0.3 is 4.57 Å². The molecule has 0 saturated heterocycles. The number of fused-ring (bicyclic) bond motifs is 1. The van der Waals surface area contributed by atoms with Gasteiger partial charge in [-0.1, -0.05) is 6.07 Å². The molecule has 0 radical (unpaired) electrons. The Morgan fingerprint density at radius 2 is 2.28 bits per heavy atom. The third-order valence-corrected chi connectivity index (χ3v) is 3.86. The van der Waals surface area contributed by atoms with Crippen LogP contribution in [0.4, 0.5) is 0 Å². The van der Waals surface area contributed by atoms with Gasteiger partial charge >= 0.3 is 0 Å². The molecule has 0 amide bonds. The topological polar surface area (TPSA) is 41.6 Å². The van der Waals surface area contributed by atoms with Crippen LogP contribution in [0.25, 0.3) is 11.0 Å². The number of hydrogen-bond acceptors (Lipinski definition) is 2. The van der Waals surface area contributed by atoms with Crippen molar-refractivity contribution in [3.8, 4) is 6.07 Å². The van der Waals surface area contributed by atoms with E-state index in [1.165, 1.54) is 19.3 Å². The van der Waals surface area contributed by atoms with Crippen molar-refractivity contribution in [3.05, 3.63) is 29.6 Å². The lowest BCUT2D eigenvalue weighted by Gasteiger charge is -2.29. The zero-order chi connectivity index (χ0) is 12.7. The van der Waals surface area contributed by atoms with Crippen LogP contribution >= 0.6 is 11.6 Å². The quantitative estimate of drug-likeness (QED) is 0.767. The Bertz CT molecular complexity index is 632. The van der Waals surface area contributed by atoms with E-state index in [-0.39, 0.29) is 5.38 Å². The van der Waals surface area contributed by atoms with Crippen molar-refractivity contribution >= 4 is 22.6 Å². The summed E-state index contributed by atoms with van der Waals surface area (Å²) in [5.41, 5.74) is 2.46. The van der Waals surface area contributed by atoms with E-state index in [4.69, 9.17) is 16.9 Å². The van der Waals surface area contributed by atoms with Gasteiger partial charge in [0.2, 0.25) is 0 Å². The van der Waals surface area contributed by atoms with E-state index < -0.39 is 0 Å². The summed E-state index contributed by atoms with van der Waals surface area (Å²) in [6.45, 7) is 1.93. The third-order valence-electron chi connectivity index (χ3n) is 3.66. The molecule has 1 unspecified atom stereocenters. The van der Waals surface area contributed by atoms with Gasteiger partial charge in [-0.15, -0.1) is 11.6 Å². The van der Waals surface area contributed by atoms with E-state index in [1.807, 2.05) is 25.1 Å². The fourth-order valence-electron chi connectivity index (χ4n) is 2.53. The first-order valence-electron chi connectivity index (χ1n) is 6.27. The Balaban J connectivity index is 2.29. The molecule has 0 bridgehead atoms. The smallest absolute Gasteiger partial charge is 0.128 e. The van der Waals surface area contributed by atoms with E-state index in [0.717, 1.165) is 16.9 Å². The fourth-order valence-corrected chi connectivity index (χ4v) is 2.69. The monoisotopic (exact) mass is 259 g/mol. The zero-order valence-corrected chi connectivity index (χ0v) is 11.0. The van der Waals surface area contributed by atoms with Gasteiger partial charge in [-0.3, -0.25) is 0 Å². The lowest BCUT2D eigenvalue weighted by Crippen LogP contribution is -2.19. The summed E-state index contributed by atoms with van der Waals surface area (Å²) >= 11 is 6.23. The number of alkyl halides is 1. The molecule has 1 saturated carbocycles. The third kappa shape index (κ3) is 1.60. The highest BCUT2D eigenvalue weighted by Crippen LogP contribution is 2.38. The Morgan fingerprint density at radius 3 is 2.83 bits per heavy atom. The summed E-state index contributed by atoms with van der Waals surface area (Å²) in [4.78, 5) is 4.59. The van der Waals surface area contributed by atoms with Crippen molar-refractivity contribution in [1.82, 2.24) is 9.55 Å². The molecule has 1 aromatic heterocycles. The molecule has 1 aliphatic carbocycles. The van der Waals surface area contributed by atoms with E-state index >= 15 is 0 Å². The normalized spacial score (nSPS) is 17.4.